The lowest BCUT2D eigenvalue weighted by atomic mass is 10.2. The van der Waals surface area contributed by atoms with E-state index in [1.807, 2.05) is 0 Å². The van der Waals surface area contributed by atoms with E-state index in [4.69, 9.17) is 4.74 Å². The van der Waals surface area contributed by atoms with Gasteiger partial charge in [-0.25, -0.2) is 9.63 Å². The third kappa shape index (κ3) is 3.25. The van der Waals surface area contributed by atoms with Gasteiger partial charge in [0, 0.05) is 20.2 Å². The molecule has 96 valence electrons. The van der Waals surface area contributed by atoms with Crippen molar-refractivity contribution in [3.8, 4) is 0 Å². The molecule has 2 N–H and O–H groups in total. The Hall–Kier alpha value is -0.960. The summed E-state index contributed by atoms with van der Waals surface area (Å²) in [5.41, 5.74) is 3.44. The number of rotatable bonds is 5. The SMILES string of the molecule is Cn1cc(N(NC[C@H]2CCCO2)S(=O)O)cn1. The summed E-state index contributed by atoms with van der Waals surface area (Å²) < 4.78 is 28.6. The predicted molar refractivity (Wildman–Crippen MR) is 63.4 cm³/mol. The van der Waals surface area contributed by atoms with Crippen molar-refractivity contribution in [2.75, 3.05) is 17.6 Å². The van der Waals surface area contributed by atoms with Gasteiger partial charge in [-0.1, -0.05) is 0 Å². The second-order valence-corrected chi connectivity index (χ2v) is 4.72. The minimum absolute atomic E-state index is 0.109. The lowest BCUT2D eigenvalue weighted by molar-refractivity contribution is 0.110. The van der Waals surface area contributed by atoms with Gasteiger partial charge in [0.25, 0.3) is 11.3 Å². The standard InChI is InChI=1S/C9H16N4O3S/c1-12-7-8(5-10-12)13(17(14)15)11-6-9-3-2-4-16-9/h5,7,9,11H,2-4,6H2,1H3,(H,14,15)/t9-/m1/s1. The zero-order valence-corrected chi connectivity index (χ0v) is 10.4. The topological polar surface area (TPSA) is 79.6 Å². The molecule has 1 saturated heterocycles. The Morgan fingerprint density at radius 1 is 1.82 bits per heavy atom. The van der Waals surface area contributed by atoms with E-state index in [1.165, 1.54) is 10.6 Å². The number of anilines is 1. The first kappa shape index (κ1) is 12.5. The van der Waals surface area contributed by atoms with Crippen LogP contribution in [-0.2, 0) is 23.1 Å². The van der Waals surface area contributed by atoms with Crippen molar-refractivity contribution >= 4 is 17.0 Å². The van der Waals surface area contributed by atoms with Crippen LogP contribution in [0.15, 0.2) is 12.4 Å². The lowest BCUT2D eigenvalue weighted by Crippen LogP contribution is -2.43. The van der Waals surface area contributed by atoms with E-state index in [2.05, 4.69) is 10.5 Å². The van der Waals surface area contributed by atoms with Gasteiger partial charge in [-0.05, 0) is 12.8 Å². The van der Waals surface area contributed by atoms with Gasteiger partial charge in [0.15, 0.2) is 0 Å². The highest BCUT2D eigenvalue weighted by molar-refractivity contribution is 7.80. The van der Waals surface area contributed by atoms with Crippen LogP contribution in [-0.4, -0.2) is 37.8 Å². The van der Waals surface area contributed by atoms with Crippen molar-refractivity contribution < 1.29 is 13.5 Å². The van der Waals surface area contributed by atoms with Gasteiger partial charge < -0.3 is 4.74 Å². The second-order valence-electron chi connectivity index (χ2n) is 3.89. The molecule has 2 atom stereocenters. The van der Waals surface area contributed by atoms with Crippen LogP contribution in [0, 0.1) is 0 Å². The van der Waals surface area contributed by atoms with Crippen LogP contribution in [0.4, 0.5) is 5.69 Å². The molecular weight excluding hydrogens is 244 g/mol. The molecule has 2 heterocycles. The van der Waals surface area contributed by atoms with Crippen LogP contribution >= 0.6 is 0 Å². The van der Waals surface area contributed by atoms with E-state index >= 15 is 0 Å². The fraction of sp³-hybridized carbons (Fsp3) is 0.667. The molecule has 17 heavy (non-hydrogen) atoms. The molecule has 0 bridgehead atoms. The Morgan fingerprint density at radius 2 is 2.65 bits per heavy atom. The number of hydrogen-bond donors (Lipinski definition) is 2. The molecule has 0 radical (unpaired) electrons. The number of nitrogens with zero attached hydrogens (tertiary/aromatic N) is 3. The predicted octanol–water partition coefficient (Wildman–Crippen LogP) is 0.0468. The third-order valence-corrected chi connectivity index (χ3v) is 3.22. The monoisotopic (exact) mass is 260 g/mol. The van der Waals surface area contributed by atoms with Crippen LogP contribution in [0.2, 0.25) is 0 Å². The Balaban J connectivity index is 1.95. The summed E-state index contributed by atoms with van der Waals surface area (Å²) in [6.07, 6.45) is 5.32. The highest BCUT2D eigenvalue weighted by Crippen LogP contribution is 2.14. The first-order valence-corrected chi connectivity index (χ1v) is 6.48. The molecule has 0 aliphatic carbocycles. The van der Waals surface area contributed by atoms with Crippen LogP contribution in [0.1, 0.15) is 12.8 Å². The van der Waals surface area contributed by atoms with Crippen LogP contribution in [0.25, 0.3) is 0 Å². The van der Waals surface area contributed by atoms with E-state index in [9.17, 15) is 8.76 Å². The molecule has 8 heteroatoms. The normalized spacial score (nSPS) is 21.6. The fourth-order valence-electron chi connectivity index (χ4n) is 1.74. The fourth-order valence-corrected chi connectivity index (χ4v) is 2.20. The Morgan fingerprint density at radius 3 is 3.18 bits per heavy atom. The van der Waals surface area contributed by atoms with E-state index in [0.29, 0.717) is 12.2 Å². The van der Waals surface area contributed by atoms with Gasteiger partial charge in [0.1, 0.15) is 5.69 Å². The van der Waals surface area contributed by atoms with Crippen molar-refractivity contribution in [2.45, 2.75) is 18.9 Å². The molecule has 1 fully saturated rings. The summed E-state index contributed by atoms with van der Waals surface area (Å²) in [7, 11) is 1.75. The summed E-state index contributed by atoms with van der Waals surface area (Å²) >= 11 is -2.13. The van der Waals surface area contributed by atoms with Crippen molar-refractivity contribution in [1.29, 1.82) is 0 Å². The number of aryl methyl sites for hydroxylation is 1. The maximum Gasteiger partial charge on any atom is 0.276 e. The molecule has 1 aromatic rings. The van der Waals surface area contributed by atoms with E-state index in [1.54, 1.807) is 17.9 Å². The van der Waals surface area contributed by atoms with E-state index in [-0.39, 0.29) is 6.10 Å². The van der Waals surface area contributed by atoms with Crippen molar-refractivity contribution in [1.82, 2.24) is 15.2 Å². The molecule has 1 aliphatic heterocycles. The van der Waals surface area contributed by atoms with Crippen LogP contribution < -0.4 is 9.84 Å². The molecule has 0 amide bonds. The smallest absolute Gasteiger partial charge is 0.276 e. The summed E-state index contributed by atoms with van der Waals surface area (Å²) in [5, 5.41) is 3.96. The van der Waals surface area contributed by atoms with Gasteiger partial charge in [-0.2, -0.15) is 9.51 Å². The molecule has 0 spiro atoms. The molecule has 7 nitrogen and oxygen atoms in total. The summed E-state index contributed by atoms with van der Waals surface area (Å²) in [5.74, 6) is 0. The third-order valence-electron chi connectivity index (χ3n) is 2.57. The minimum atomic E-state index is -2.13. The Labute approximate surface area is 102 Å². The van der Waals surface area contributed by atoms with Crippen LogP contribution in [0.3, 0.4) is 0 Å². The molecule has 1 aromatic heterocycles. The summed E-state index contributed by atoms with van der Waals surface area (Å²) in [4.78, 5) is 0. The molecule has 1 aliphatic rings. The molecule has 1 unspecified atom stereocenters. The molecule has 0 saturated carbocycles. The van der Waals surface area contributed by atoms with Crippen LogP contribution in [0.5, 0.6) is 0 Å². The number of aromatic nitrogens is 2. The maximum absolute atomic E-state index is 11.2. The van der Waals surface area contributed by atoms with E-state index in [0.717, 1.165) is 19.4 Å². The van der Waals surface area contributed by atoms with Gasteiger partial charge in [-0.3, -0.25) is 9.23 Å². The van der Waals surface area contributed by atoms with Gasteiger partial charge in [-0.15, -0.1) is 0 Å². The number of ether oxygens (including phenoxy) is 1. The maximum atomic E-state index is 11.2. The number of hydrogen-bond acceptors (Lipinski definition) is 4. The van der Waals surface area contributed by atoms with Crippen molar-refractivity contribution in [2.24, 2.45) is 7.05 Å². The average molecular weight is 260 g/mol. The van der Waals surface area contributed by atoms with Crippen molar-refractivity contribution in [3.63, 3.8) is 0 Å². The van der Waals surface area contributed by atoms with Gasteiger partial charge >= 0.3 is 0 Å². The summed E-state index contributed by atoms with van der Waals surface area (Å²) in [6, 6.07) is 0. The number of nitrogens with one attached hydrogen (secondary N) is 1. The number of hydrazine groups is 1. The Bertz CT molecular complexity index is 391. The summed E-state index contributed by atoms with van der Waals surface area (Å²) in [6.45, 7) is 1.28. The van der Waals surface area contributed by atoms with Crippen molar-refractivity contribution in [3.05, 3.63) is 12.4 Å². The zero-order chi connectivity index (χ0) is 12.3. The minimum Gasteiger partial charge on any atom is -0.377 e. The quantitative estimate of drug-likeness (QED) is 0.577. The average Bonchev–Trinajstić information content (AvgIpc) is 2.90. The van der Waals surface area contributed by atoms with E-state index < -0.39 is 11.3 Å². The largest absolute Gasteiger partial charge is 0.377 e. The molecule has 0 aromatic carbocycles. The first-order valence-electron chi connectivity index (χ1n) is 5.41. The highest BCUT2D eigenvalue weighted by atomic mass is 32.2. The van der Waals surface area contributed by atoms with Gasteiger partial charge in [0.05, 0.1) is 18.5 Å². The second kappa shape index (κ2) is 5.58. The molecular formula is C9H16N4O3S. The molecule has 2 rings (SSSR count). The lowest BCUT2D eigenvalue weighted by Gasteiger charge is -2.20. The highest BCUT2D eigenvalue weighted by Gasteiger charge is 2.19. The van der Waals surface area contributed by atoms with Gasteiger partial charge in [0.2, 0.25) is 0 Å². The first-order chi connectivity index (χ1) is 8.16. The Kier molecular flexibility index (Phi) is 4.11. The zero-order valence-electron chi connectivity index (χ0n) is 9.57.